The van der Waals surface area contributed by atoms with Crippen molar-refractivity contribution in [2.45, 2.75) is 31.3 Å². The molecule has 2 heterocycles. The molecule has 2 heteroatoms. The molecule has 2 aromatic carbocycles. The third-order valence-electron chi connectivity index (χ3n) is 4.89. The summed E-state index contributed by atoms with van der Waals surface area (Å²) in [5, 5.41) is 3.45. The normalized spacial score (nSPS) is 22.2. The van der Waals surface area contributed by atoms with Gasteiger partial charge >= 0.3 is 0 Å². The lowest BCUT2D eigenvalue weighted by atomic mass is 9.71. The molecule has 0 aliphatic carbocycles. The van der Waals surface area contributed by atoms with E-state index >= 15 is 0 Å². The van der Waals surface area contributed by atoms with E-state index in [9.17, 15) is 0 Å². The van der Waals surface area contributed by atoms with Gasteiger partial charge in [0, 0.05) is 24.9 Å². The molecule has 4 rings (SSSR count). The monoisotopic (exact) mass is 279 g/mol. The fourth-order valence-corrected chi connectivity index (χ4v) is 3.68. The maximum Gasteiger partial charge on any atom is 0.123 e. The van der Waals surface area contributed by atoms with Crippen LogP contribution >= 0.6 is 0 Å². The largest absolute Gasteiger partial charge is 0.490 e. The zero-order valence-electron chi connectivity index (χ0n) is 12.4. The van der Waals surface area contributed by atoms with Gasteiger partial charge in [-0.15, -0.1) is 0 Å². The van der Waals surface area contributed by atoms with Gasteiger partial charge in [0.15, 0.2) is 0 Å². The molecule has 0 radical (unpaired) electrons. The van der Waals surface area contributed by atoms with Crippen LogP contribution in [0, 0.1) is 6.92 Å². The van der Waals surface area contributed by atoms with Gasteiger partial charge in [-0.25, -0.2) is 0 Å². The summed E-state index contributed by atoms with van der Waals surface area (Å²) in [6, 6.07) is 17.4. The molecule has 108 valence electrons. The van der Waals surface area contributed by atoms with Crippen molar-refractivity contribution in [3.8, 4) is 5.75 Å². The summed E-state index contributed by atoms with van der Waals surface area (Å²) < 4.78 is 6.19. The number of nitrogens with one attached hydrogen (secondary N) is 1. The molecular formula is C19H21NO. The number of benzene rings is 2. The van der Waals surface area contributed by atoms with E-state index in [1.807, 2.05) is 0 Å². The highest BCUT2D eigenvalue weighted by Crippen LogP contribution is 2.38. The van der Waals surface area contributed by atoms with E-state index in [0.717, 1.165) is 31.7 Å². The van der Waals surface area contributed by atoms with Gasteiger partial charge < -0.3 is 10.1 Å². The lowest BCUT2D eigenvalue weighted by Gasteiger charge is -2.44. The van der Waals surface area contributed by atoms with Crippen LogP contribution in [0.5, 0.6) is 5.75 Å². The quantitative estimate of drug-likeness (QED) is 0.931. The third-order valence-corrected chi connectivity index (χ3v) is 4.89. The summed E-state index contributed by atoms with van der Waals surface area (Å²) in [5.74, 6) is 1.08. The van der Waals surface area contributed by atoms with E-state index in [4.69, 9.17) is 4.74 Å². The molecular weight excluding hydrogens is 258 g/mol. The van der Waals surface area contributed by atoms with Gasteiger partial charge in [0.25, 0.3) is 0 Å². The SMILES string of the molecule is Cc1ccc2c(c1)CC(CC1(c3ccccc3)CNC1)O2. The summed E-state index contributed by atoms with van der Waals surface area (Å²) in [7, 11) is 0. The second-order valence-electron chi connectivity index (χ2n) is 6.51. The van der Waals surface area contributed by atoms with Crippen LogP contribution in [0.2, 0.25) is 0 Å². The van der Waals surface area contributed by atoms with Crippen LogP contribution in [0.25, 0.3) is 0 Å². The Morgan fingerprint density at radius 2 is 1.95 bits per heavy atom. The molecule has 2 nitrogen and oxygen atoms in total. The summed E-state index contributed by atoms with van der Waals surface area (Å²) >= 11 is 0. The Labute approximate surface area is 126 Å². The van der Waals surface area contributed by atoms with Gasteiger partial charge in [0.1, 0.15) is 11.9 Å². The van der Waals surface area contributed by atoms with Crippen molar-refractivity contribution in [3.05, 3.63) is 65.2 Å². The number of hydrogen-bond donors (Lipinski definition) is 1. The van der Waals surface area contributed by atoms with Gasteiger partial charge in [-0.3, -0.25) is 0 Å². The molecule has 0 bridgehead atoms. The number of aryl methyl sites for hydroxylation is 1. The number of fused-ring (bicyclic) bond motifs is 1. The minimum Gasteiger partial charge on any atom is -0.490 e. The van der Waals surface area contributed by atoms with Crippen molar-refractivity contribution in [2.24, 2.45) is 0 Å². The van der Waals surface area contributed by atoms with Crippen LogP contribution in [0.1, 0.15) is 23.1 Å². The highest BCUT2D eigenvalue weighted by molar-refractivity contribution is 5.41. The van der Waals surface area contributed by atoms with Crippen molar-refractivity contribution in [2.75, 3.05) is 13.1 Å². The van der Waals surface area contributed by atoms with Crippen molar-refractivity contribution in [1.82, 2.24) is 5.32 Å². The first-order valence-electron chi connectivity index (χ1n) is 7.78. The zero-order chi connectivity index (χ0) is 14.3. The van der Waals surface area contributed by atoms with Crippen LogP contribution in [-0.2, 0) is 11.8 Å². The highest BCUT2D eigenvalue weighted by Gasteiger charge is 2.42. The van der Waals surface area contributed by atoms with Crippen molar-refractivity contribution < 1.29 is 4.74 Å². The van der Waals surface area contributed by atoms with Crippen LogP contribution in [0.4, 0.5) is 0 Å². The fourth-order valence-electron chi connectivity index (χ4n) is 3.68. The zero-order valence-corrected chi connectivity index (χ0v) is 12.4. The van der Waals surface area contributed by atoms with E-state index in [1.54, 1.807) is 0 Å². The van der Waals surface area contributed by atoms with Gasteiger partial charge in [-0.2, -0.15) is 0 Å². The predicted octanol–water partition coefficient (Wildman–Crippen LogP) is 3.23. The summed E-state index contributed by atoms with van der Waals surface area (Å²) in [6.45, 7) is 4.27. The molecule has 1 unspecified atom stereocenters. The van der Waals surface area contributed by atoms with Crippen molar-refractivity contribution in [3.63, 3.8) is 0 Å². The molecule has 0 aromatic heterocycles. The van der Waals surface area contributed by atoms with E-state index in [2.05, 4.69) is 60.8 Å². The van der Waals surface area contributed by atoms with Gasteiger partial charge in [0.05, 0.1) is 0 Å². The summed E-state index contributed by atoms with van der Waals surface area (Å²) in [5.41, 5.74) is 4.39. The molecule has 0 spiro atoms. The van der Waals surface area contributed by atoms with Crippen LogP contribution in [0.15, 0.2) is 48.5 Å². The van der Waals surface area contributed by atoms with Crippen molar-refractivity contribution >= 4 is 0 Å². The number of ether oxygens (including phenoxy) is 1. The molecule has 2 aliphatic heterocycles. The van der Waals surface area contributed by atoms with E-state index in [1.165, 1.54) is 16.7 Å². The summed E-state index contributed by atoms with van der Waals surface area (Å²) in [6.07, 6.45) is 2.45. The highest BCUT2D eigenvalue weighted by atomic mass is 16.5. The molecule has 21 heavy (non-hydrogen) atoms. The minimum absolute atomic E-state index is 0.253. The molecule has 1 fully saturated rings. The Morgan fingerprint density at radius 3 is 2.67 bits per heavy atom. The summed E-state index contributed by atoms with van der Waals surface area (Å²) in [4.78, 5) is 0. The first kappa shape index (κ1) is 12.9. The predicted molar refractivity (Wildman–Crippen MR) is 84.9 cm³/mol. The van der Waals surface area contributed by atoms with Crippen LogP contribution < -0.4 is 10.1 Å². The first-order chi connectivity index (χ1) is 10.3. The molecule has 1 saturated heterocycles. The van der Waals surface area contributed by atoms with Crippen LogP contribution in [-0.4, -0.2) is 19.2 Å². The second kappa shape index (κ2) is 4.88. The maximum atomic E-state index is 6.19. The lowest BCUT2D eigenvalue weighted by Crippen LogP contribution is -2.58. The lowest BCUT2D eigenvalue weighted by molar-refractivity contribution is 0.143. The first-order valence-corrected chi connectivity index (χ1v) is 7.78. The molecule has 0 amide bonds. The third kappa shape index (κ3) is 2.24. The maximum absolute atomic E-state index is 6.19. The molecule has 1 N–H and O–H groups in total. The molecule has 2 aliphatic rings. The Balaban J connectivity index is 1.54. The van der Waals surface area contributed by atoms with Gasteiger partial charge in [-0.05, 0) is 30.5 Å². The standard InChI is InChI=1S/C19H21NO/c1-14-7-8-18-15(9-14)10-17(21-18)11-19(12-20-13-19)16-5-3-2-4-6-16/h2-9,17,20H,10-13H2,1H3. The second-order valence-corrected chi connectivity index (χ2v) is 6.51. The van der Waals surface area contributed by atoms with E-state index in [0.29, 0.717) is 6.10 Å². The molecule has 2 aromatic rings. The Morgan fingerprint density at radius 1 is 1.14 bits per heavy atom. The minimum atomic E-state index is 0.253. The van der Waals surface area contributed by atoms with Gasteiger partial charge in [-0.1, -0.05) is 48.0 Å². The Hall–Kier alpha value is -1.80. The number of rotatable bonds is 3. The van der Waals surface area contributed by atoms with E-state index < -0.39 is 0 Å². The average Bonchev–Trinajstić information content (AvgIpc) is 2.85. The smallest absolute Gasteiger partial charge is 0.123 e. The average molecular weight is 279 g/mol. The Bertz CT molecular complexity index is 646. The topological polar surface area (TPSA) is 21.3 Å². The molecule has 1 atom stereocenters. The van der Waals surface area contributed by atoms with Crippen molar-refractivity contribution in [1.29, 1.82) is 0 Å². The van der Waals surface area contributed by atoms with Gasteiger partial charge in [0.2, 0.25) is 0 Å². The number of hydrogen-bond acceptors (Lipinski definition) is 2. The fraction of sp³-hybridized carbons (Fsp3) is 0.368. The van der Waals surface area contributed by atoms with E-state index in [-0.39, 0.29) is 5.41 Å². The molecule has 0 saturated carbocycles. The van der Waals surface area contributed by atoms with Crippen LogP contribution in [0.3, 0.4) is 0 Å². The Kier molecular flexibility index (Phi) is 3.00.